The van der Waals surface area contributed by atoms with E-state index in [1.807, 2.05) is 13.8 Å². The summed E-state index contributed by atoms with van der Waals surface area (Å²) in [6, 6.07) is 0. The van der Waals surface area contributed by atoms with Gasteiger partial charge in [0.15, 0.2) is 0 Å². The summed E-state index contributed by atoms with van der Waals surface area (Å²) in [4.78, 5) is 5.30. The smallest absolute Gasteiger partial charge is 0.221 e. The van der Waals surface area contributed by atoms with Crippen molar-refractivity contribution >= 4 is 6.85 Å². The molecule has 3 rings (SSSR count). The normalized spacial score (nSPS) is 35.1. The second-order valence-corrected chi connectivity index (χ2v) is 5.79. The molecule has 0 aromatic rings. The summed E-state index contributed by atoms with van der Waals surface area (Å²) in [7, 11) is 2.28. The highest BCUT2D eigenvalue weighted by molar-refractivity contribution is 6.66. The van der Waals surface area contributed by atoms with Crippen LogP contribution in [-0.4, -0.2) is 49.8 Å². The molecule has 2 nitrogen and oxygen atoms in total. The third kappa shape index (κ3) is 2.62. The molecular weight excluding hydrogens is 195 g/mol. The maximum Gasteiger partial charge on any atom is 0.221 e. The van der Waals surface area contributed by atoms with Gasteiger partial charge in [0, 0.05) is 6.54 Å². The van der Waals surface area contributed by atoms with Crippen molar-refractivity contribution in [1.82, 2.24) is 9.71 Å². The van der Waals surface area contributed by atoms with Crippen molar-refractivity contribution < 1.29 is 0 Å². The summed E-state index contributed by atoms with van der Waals surface area (Å²) in [6.07, 6.45) is 7.34. The highest BCUT2D eigenvalue weighted by Crippen LogP contribution is 2.41. The molecule has 16 heavy (non-hydrogen) atoms. The van der Waals surface area contributed by atoms with Crippen molar-refractivity contribution in [2.75, 3.05) is 33.2 Å². The summed E-state index contributed by atoms with van der Waals surface area (Å²) >= 11 is 0. The van der Waals surface area contributed by atoms with E-state index in [0.29, 0.717) is 5.41 Å². The molecular formula is C13H27BN2. The van der Waals surface area contributed by atoms with Gasteiger partial charge in [-0.25, -0.2) is 0 Å². The van der Waals surface area contributed by atoms with Gasteiger partial charge < -0.3 is 9.71 Å². The fourth-order valence-electron chi connectivity index (χ4n) is 3.49. The topological polar surface area (TPSA) is 6.48 Å². The first-order chi connectivity index (χ1) is 7.77. The number of nitrogens with zero attached hydrogens (tertiary/aromatic N) is 2. The molecule has 3 fully saturated rings. The van der Waals surface area contributed by atoms with Crippen molar-refractivity contribution in [3.05, 3.63) is 0 Å². The van der Waals surface area contributed by atoms with Crippen LogP contribution in [0.15, 0.2) is 0 Å². The number of hydrogen-bond acceptors (Lipinski definition) is 2. The predicted octanol–water partition coefficient (Wildman–Crippen LogP) is 2.44. The van der Waals surface area contributed by atoms with Gasteiger partial charge in [-0.05, 0) is 51.4 Å². The fourth-order valence-corrected chi connectivity index (χ4v) is 3.49. The second kappa shape index (κ2) is 5.09. The molecule has 0 aromatic carbocycles. The lowest BCUT2D eigenvalue weighted by Gasteiger charge is -2.40. The molecule has 1 spiro atoms. The largest absolute Gasteiger partial charge is 0.341 e. The Labute approximate surface area is 101 Å². The van der Waals surface area contributed by atoms with Gasteiger partial charge in [0.05, 0.1) is 0 Å². The summed E-state index contributed by atoms with van der Waals surface area (Å²) in [5.41, 5.74) is 0.690. The first-order valence-corrected chi connectivity index (χ1v) is 7.20. The highest BCUT2D eigenvalue weighted by Gasteiger charge is 2.44. The third-order valence-electron chi connectivity index (χ3n) is 4.38. The van der Waals surface area contributed by atoms with Gasteiger partial charge >= 0.3 is 0 Å². The molecule has 92 valence electrons. The van der Waals surface area contributed by atoms with Crippen LogP contribution in [0.25, 0.3) is 0 Å². The van der Waals surface area contributed by atoms with Crippen LogP contribution in [0.4, 0.5) is 0 Å². The Morgan fingerprint density at radius 2 is 1.75 bits per heavy atom. The summed E-state index contributed by atoms with van der Waals surface area (Å²) in [5.74, 6) is 0. The Hall–Kier alpha value is -0.0151. The fraction of sp³-hybridized carbons (Fsp3) is 1.00. The molecule has 1 unspecified atom stereocenters. The number of likely N-dealkylation sites (tertiary alicyclic amines) is 1. The number of rotatable bonds is 1. The van der Waals surface area contributed by atoms with Crippen LogP contribution < -0.4 is 0 Å². The lowest BCUT2D eigenvalue weighted by Crippen LogP contribution is -2.46. The average Bonchev–Trinajstić information content (AvgIpc) is 3.09. The van der Waals surface area contributed by atoms with Gasteiger partial charge in [0.2, 0.25) is 6.85 Å². The van der Waals surface area contributed by atoms with E-state index in [4.69, 9.17) is 0 Å². The van der Waals surface area contributed by atoms with Crippen molar-refractivity contribution in [2.45, 2.75) is 45.8 Å². The van der Waals surface area contributed by atoms with E-state index in [1.54, 1.807) is 0 Å². The molecule has 3 saturated heterocycles. The van der Waals surface area contributed by atoms with Crippen LogP contribution in [-0.2, 0) is 0 Å². The Bertz CT molecular complexity index is 226. The highest BCUT2D eigenvalue weighted by atomic mass is 15.2. The summed E-state index contributed by atoms with van der Waals surface area (Å²) in [6.45, 7) is 10.5. The minimum atomic E-state index is 0.690. The van der Waals surface area contributed by atoms with Crippen LogP contribution in [0.1, 0.15) is 33.1 Å². The second-order valence-electron chi connectivity index (χ2n) is 5.79. The Balaban J connectivity index is 0.000000457. The lowest BCUT2D eigenvalue weighted by molar-refractivity contribution is 0.152. The van der Waals surface area contributed by atoms with Crippen LogP contribution in [0, 0.1) is 5.41 Å². The molecule has 0 amide bonds. The van der Waals surface area contributed by atoms with Crippen LogP contribution >= 0.6 is 0 Å². The van der Waals surface area contributed by atoms with E-state index < -0.39 is 0 Å². The van der Waals surface area contributed by atoms with Gasteiger partial charge in [0.25, 0.3) is 0 Å². The molecule has 3 heteroatoms. The van der Waals surface area contributed by atoms with Gasteiger partial charge in [-0.1, -0.05) is 26.5 Å². The molecule has 0 bridgehead atoms. The number of piperidine rings is 1. The predicted molar refractivity (Wildman–Crippen MR) is 72.1 cm³/mol. The monoisotopic (exact) mass is 222 g/mol. The molecule has 0 aliphatic carbocycles. The first kappa shape index (κ1) is 12.4. The maximum absolute atomic E-state index is 2.78. The zero-order chi connectivity index (χ0) is 11.6. The lowest BCUT2D eigenvalue weighted by atomic mass is 9.73. The zero-order valence-corrected chi connectivity index (χ0v) is 11.3. The molecule has 3 heterocycles. The molecule has 0 radical (unpaired) electrons. The molecule has 0 aromatic heterocycles. The molecule has 0 saturated carbocycles. The summed E-state index contributed by atoms with van der Waals surface area (Å²) < 4.78 is 0. The van der Waals surface area contributed by atoms with Crippen LogP contribution in [0.3, 0.4) is 0 Å². The third-order valence-corrected chi connectivity index (χ3v) is 4.38. The van der Waals surface area contributed by atoms with Crippen molar-refractivity contribution in [1.29, 1.82) is 0 Å². The zero-order valence-electron chi connectivity index (χ0n) is 11.3. The van der Waals surface area contributed by atoms with Crippen LogP contribution in [0.2, 0.25) is 12.6 Å². The Morgan fingerprint density at radius 1 is 1.00 bits per heavy atom. The van der Waals surface area contributed by atoms with Crippen molar-refractivity contribution in [3.8, 4) is 0 Å². The van der Waals surface area contributed by atoms with E-state index in [1.165, 1.54) is 58.1 Å². The SMILES string of the molecule is CC.CN1CCC2(CCCN(B3CC3)C2)C1. The van der Waals surface area contributed by atoms with E-state index in [2.05, 4.69) is 16.8 Å². The minimum Gasteiger partial charge on any atom is -0.341 e. The molecule has 3 aliphatic heterocycles. The molecule has 3 aliphatic rings. The quantitative estimate of drug-likeness (QED) is 0.629. The number of hydrogen-bond donors (Lipinski definition) is 0. The van der Waals surface area contributed by atoms with E-state index >= 15 is 0 Å². The maximum atomic E-state index is 2.78. The molecule has 1 atom stereocenters. The van der Waals surface area contributed by atoms with E-state index in [0.717, 1.165) is 6.85 Å². The Kier molecular flexibility index (Phi) is 3.96. The first-order valence-electron chi connectivity index (χ1n) is 7.20. The molecule has 0 N–H and O–H groups in total. The van der Waals surface area contributed by atoms with Gasteiger partial charge in [-0.3, -0.25) is 0 Å². The minimum absolute atomic E-state index is 0.690. The van der Waals surface area contributed by atoms with Gasteiger partial charge in [-0.15, -0.1) is 0 Å². The average molecular weight is 222 g/mol. The van der Waals surface area contributed by atoms with Crippen molar-refractivity contribution in [3.63, 3.8) is 0 Å². The summed E-state index contributed by atoms with van der Waals surface area (Å²) in [5, 5.41) is 0. The Morgan fingerprint density at radius 3 is 2.31 bits per heavy atom. The standard InChI is InChI=1S/C11H21BN2.C2H6/c1-13-8-4-11(9-13)3-2-7-14(10-11)12-5-6-12;1-2/h2-10H2,1H3;1-2H3. The van der Waals surface area contributed by atoms with Crippen molar-refractivity contribution in [2.24, 2.45) is 5.41 Å². The van der Waals surface area contributed by atoms with Gasteiger partial charge in [-0.2, -0.15) is 0 Å². The van der Waals surface area contributed by atoms with E-state index in [9.17, 15) is 0 Å². The van der Waals surface area contributed by atoms with E-state index in [-0.39, 0.29) is 0 Å². The van der Waals surface area contributed by atoms with Crippen LogP contribution in [0.5, 0.6) is 0 Å². The van der Waals surface area contributed by atoms with Gasteiger partial charge in [0.1, 0.15) is 0 Å².